The lowest BCUT2D eigenvalue weighted by molar-refractivity contribution is 0.249. The van der Waals surface area contributed by atoms with E-state index in [0.29, 0.717) is 0 Å². The van der Waals surface area contributed by atoms with E-state index in [1.54, 1.807) is 10.4 Å². The van der Waals surface area contributed by atoms with Crippen LogP contribution in [0.15, 0.2) is 60.7 Å². The van der Waals surface area contributed by atoms with Crippen LogP contribution in [-0.4, -0.2) is 41.0 Å². The van der Waals surface area contributed by atoms with Crippen LogP contribution in [0.2, 0.25) is 0 Å². The minimum atomic E-state index is 0.892. The lowest BCUT2D eigenvalue weighted by Gasteiger charge is -2.36. The molecule has 3 heterocycles. The maximum atomic E-state index is 5.26. The molecule has 180 valence electrons. The average molecular weight is 483 g/mol. The number of anilines is 1. The van der Waals surface area contributed by atoms with Gasteiger partial charge >= 0.3 is 0 Å². The van der Waals surface area contributed by atoms with Crippen molar-refractivity contribution in [3.05, 3.63) is 88.1 Å². The Hall–Kier alpha value is -2.76. The van der Waals surface area contributed by atoms with Gasteiger partial charge in [0.05, 0.1) is 5.39 Å². The van der Waals surface area contributed by atoms with Crippen LogP contribution in [0.5, 0.6) is 0 Å². The molecule has 2 aromatic carbocycles. The van der Waals surface area contributed by atoms with Gasteiger partial charge in [-0.15, -0.1) is 11.3 Å². The van der Waals surface area contributed by atoms with Gasteiger partial charge in [-0.05, 0) is 48.8 Å². The summed E-state index contributed by atoms with van der Waals surface area (Å²) in [5.74, 6) is 2.20. The Morgan fingerprint density at radius 1 is 0.714 bits per heavy atom. The largest absolute Gasteiger partial charge is 0.353 e. The SMILES string of the molecule is c1ccc(CCc2nc(N3CCN(Cc4ccccc4)CC3)c3c4c(sc3n2)CCCCC4)cc1. The summed E-state index contributed by atoms with van der Waals surface area (Å²) in [5.41, 5.74) is 4.31. The molecule has 4 aromatic rings. The lowest BCUT2D eigenvalue weighted by Crippen LogP contribution is -2.46. The fraction of sp³-hybridized carbons (Fsp3) is 0.400. The summed E-state index contributed by atoms with van der Waals surface area (Å²) in [5, 5.41) is 1.37. The zero-order chi connectivity index (χ0) is 23.5. The molecule has 35 heavy (non-hydrogen) atoms. The van der Waals surface area contributed by atoms with Crippen molar-refractivity contribution in [2.24, 2.45) is 0 Å². The highest BCUT2D eigenvalue weighted by Crippen LogP contribution is 2.39. The summed E-state index contributed by atoms with van der Waals surface area (Å²) >= 11 is 1.94. The highest BCUT2D eigenvalue weighted by Gasteiger charge is 2.25. The fourth-order valence-corrected chi connectivity index (χ4v) is 6.83. The zero-order valence-corrected chi connectivity index (χ0v) is 21.3. The summed E-state index contributed by atoms with van der Waals surface area (Å²) in [6.07, 6.45) is 8.21. The number of benzene rings is 2. The topological polar surface area (TPSA) is 32.3 Å². The third-order valence-corrected chi connectivity index (χ3v) is 8.68. The van der Waals surface area contributed by atoms with Crippen molar-refractivity contribution < 1.29 is 0 Å². The molecule has 1 aliphatic carbocycles. The number of fused-ring (bicyclic) bond motifs is 3. The van der Waals surface area contributed by atoms with Crippen molar-refractivity contribution in [3.63, 3.8) is 0 Å². The number of aromatic nitrogens is 2. The van der Waals surface area contributed by atoms with E-state index in [4.69, 9.17) is 9.97 Å². The molecule has 2 aliphatic rings. The maximum absolute atomic E-state index is 5.26. The second-order valence-electron chi connectivity index (χ2n) is 9.94. The van der Waals surface area contributed by atoms with Gasteiger partial charge in [-0.2, -0.15) is 0 Å². The third kappa shape index (κ3) is 5.12. The van der Waals surface area contributed by atoms with Crippen molar-refractivity contribution >= 4 is 27.4 Å². The predicted octanol–water partition coefficient (Wildman–Crippen LogP) is 6.07. The minimum Gasteiger partial charge on any atom is -0.353 e. The molecule has 1 aliphatic heterocycles. The minimum absolute atomic E-state index is 0.892. The lowest BCUT2D eigenvalue weighted by atomic mass is 10.1. The van der Waals surface area contributed by atoms with Gasteiger partial charge in [-0.1, -0.05) is 67.1 Å². The van der Waals surface area contributed by atoms with E-state index in [2.05, 4.69) is 70.5 Å². The van der Waals surface area contributed by atoms with E-state index < -0.39 is 0 Å². The van der Waals surface area contributed by atoms with Crippen molar-refractivity contribution in [2.45, 2.75) is 51.5 Å². The number of nitrogens with zero attached hydrogens (tertiary/aromatic N) is 4. The van der Waals surface area contributed by atoms with Crippen LogP contribution in [0, 0.1) is 0 Å². The van der Waals surface area contributed by atoms with Gasteiger partial charge in [0, 0.05) is 44.0 Å². The van der Waals surface area contributed by atoms with Crippen molar-refractivity contribution in [2.75, 3.05) is 31.1 Å². The molecule has 6 rings (SSSR count). The van der Waals surface area contributed by atoms with Gasteiger partial charge in [0.2, 0.25) is 0 Å². The maximum Gasteiger partial charge on any atom is 0.141 e. The average Bonchev–Trinajstić information content (AvgIpc) is 3.09. The first-order valence-corrected chi connectivity index (χ1v) is 14.0. The normalized spacial score (nSPS) is 16.9. The number of piperazine rings is 1. The second kappa shape index (κ2) is 10.5. The zero-order valence-electron chi connectivity index (χ0n) is 20.5. The molecule has 0 radical (unpaired) electrons. The first-order valence-electron chi connectivity index (χ1n) is 13.2. The van der Waals surface area contributed by atoms with E-state index in [-0.39, 0.29) is 0 Å². The number of hydrogen-bond acceptors (Lipinski definition) is 5. The Bertz CT molecular complexity index is 1260. The Balaban J connectivity index is 1.27. The summed E-state index contributed by atoms with van der Waals surface area (Å²) in [4.78, 5) is 18.3. The molecule has 0 N–H and O–H groups in total. The second-order valence-corrected chi connectivity index (χ2v) is 11.0. The molecule has 2 aromatic heterocycles. The number of thiophene rings is 1. The third-order valence-electron chi connectivity index (χ3n) is 7.49. The van der Waals surface area contributed by atoms with Crippen LogP contribution in [-0.2, 0) is 32.2 Å². The van der Waals surface area contributed by atoms with Crippen LogP contribution >= 0.6 is 11.3 Å². The molecule has 0 unspecified atom stereocenters. The van der Waals surface area contributed by atoms with Gasteiger partial charge in [0.1, 0.15) is 16.5 Å². The summed E-state index contributed by atoms with van der Waals surface area (Å²) in [6, 6.07) is 21.6. The van der Waals surface area contributed by atoms with Crippen LogP contribution < -0.4 is 4.90 Å². The summed E-state index contributed by atoms with van der Waals surface area (Å²) < 4.78 is 0. The number of rotatable bonds is 6. The Morgan fingerprint density at radius 3 is 2.20 bits per heavy atom. The van der Waals surface area contributed by atoms with Crippen LogP contribution in [0.3, 0.4) is 0 Å². The van der Waals surface area contributed by atoms with E-state index in [1.807, 2.05) is 11.3 Å². The Labute approximate surface area is 212 Å². The first-order chi connectivity index (χ1) is 17.3. The molecule has 0 atom stereocenters. The molecule has 4 nitrogen and oxygen atoms in total. The molecule has 5 heteroatoms. The standard InChI is InChI=1S/C30H34N4S/c1-4-10-23(11-5-1)16-17-27-31-29(28-25-14-8-3-9-15-26(25)35-30(28)32-27)34-20-18-33(19-21-34)22-24-12-6-2-7-13-24/h1-2,4-7,10-13H,3,8-9,14-22H2. The van der Waals surface area contributed by atoms with Crippen LogP contribution in [0.1, 0.15) is 46.7 Å². The smallest absolute Gasteiger partial charge is 0.141 e. The monoisotopic (exact) mass is 482 g/mol. The van der Waals surface area contributed by atoms with E-state index in [9.17, 15) is 0 Å². The molecule has 0 spiro atoms. The van der Waals surface area contributed by atoms with Crippen molar-refractivity contribution in [1.82, 2.24) is 14.9 Å². The number of aryl methyl sites for hydroxylation is 4. The van der Waals surface area contributed by atoms with Crippen molar-refractivity contribution in [3.8, 4) is 0 Å². The first kappa shape index (κ1) is 22.7. The molecule has 0 bridgehead atoms. The highest BCUT2D eigenvalue weighted by molar-refractivity contribution is 7.19. The highest BCUT2D eigenvalue weighted by atomic mass is 32.1. The fourth-order valence-electron chi connectivity index (χ4n) is 5.56. The molecule has 0 saturated carbocycles. The molecular weight excluding hydrogens is 448 g/mol. The summed E-state index contributed by atoms with van der Waals surface area (Å²) in [7, 11) is 0. The van der Waals surface area contributed by atoms with E-state index in [0.717, 1.165) is 51.4 Å². The van der Waals surface area contributed by atoms with Gasteiger partial charge in [0.15, 0.2) is 0 Å². The van der Waals surface area contributed by atoms with Gasteiger partial charge in [-0.3, -0.25) is 4.90 Å². The summed E-state index contributed by atoms with van der Waals surface area (Å²) in [6.45, 7) is 5.24. The van der Waals surface area contributed by atoms with Gasteiger partial charge < -0.3 is 4.90 Å². The van der Waals surface area contributed by atoms with Gasteiger partial charge in [0.25, 0.3) is 0 Å². The quantitative estimate of drug-likeness (QED) is 0.312. The Kier molecular flexibility index (Phi) is 6.79. The van der Waals surface area contributed by atoms with Crippen molar-refractivity contribution in [1.29, 1.82) is 0 Å². The molecule has 1 saturated heterocycles. The molecular formula is C30H34N4S. The van der Waals surface area contributed by atoms with Crippen LogP contribution in [0.4, 0.5) is 5.82 Å². The van der Waals surface area contributed by atoms with Crippen LogP contribution in [0.25, 0.3) is 10.2 Å². The Morgan fingerprint density at radius 2 is 1.43 bits per heavy atom. The molecule has 1 fully saturated rings. The van der Waals surface area contributed by atoms with E-state index in [1.165, 1.54) is 59.3 Å². The number of hydrogen-bond donors (Lipinski definition) is 0. The molecule has 0 amide bonds. The predicted molar refractivity (Wildman–Crippen MR) is 146 cm³/mol. The van der Waals surface area contributed by atoms with E-state index >= 15 is 0 Å². The van der Waals surface area contributed by atoms with Gasteiger partial charge in [-0.25, -0.2) is 9.97 Å².